The molecule has 0 saturated heterocycles. The topological polar surface area (TPSA) is 36.2 Å². The summed E-state index contributed by atoms with van der Waals surface area (Å²) >= 11 is 6.23. The lowest BCUT2D eigenvalue weighted by atomic mass is 10.1. The van der Waals surface area contributed by atoms with Crippen molar-refractivity contribution in [2.75, 3.05) is 6.61 Å². The number of alkyl halides is 3. The Bertz CT molecular complexity index is 1080. The van der Waals surface area contributed by atoms with Gasteiger partial charge in [0, 0.05) is 17.8 Å². The molecule has 3 rings (SSSR count). The van der Waals surface area contributed by atoms with Gasteiger partial charge >= 0.3 is 6.18 Å². The van der Waals surface area contributed by atoms with Crippen LogP contribution in [-0.4, -0.2) is 21.9 Å². The van der Waals surface area contributed by atoms with Crippen LogP contribution in [-0.2, 0) is 20.0 Å². The molecule has 0 spiro atoms. The third-order valence-electron chi connectivity index (χ3n) is 4.81. The molecule has 28 heavy (non-hydrogen) atoms. The molecule has 0 atom stereocenters. The zero-order valence-electron chi connectivity index (χ0n) is 15.7. The van der Waals surface area contributed by atoms with E-state index in [1.807, 2.05) is 25.1 Å². The molecular formula is C20H20ClF3N2O2. The first-order chi connectivity index (χ1) is 13.1. The summed E-state index contributed by atoms with van der Waals surface area (Å²) in [5.41, 5.74) is 2.14. The van der Waals surface area contributed by atoms with E-state index in [4.69, 9.17) is 16.3 Å². The van der Waals surface area contributed by atoms with Gasteiger partial charge in [0.15, 0.2) is 12.4 Å². The van der Waals surface area contributed by atoms with Gasteiger partial charge in [-0.15, -0.1) is 0 Å². The highest BCUT2D eigenvalue weighted by atomic mass is 35.5. The molecule has 0 radical (unpaired) electrons. The van der Waals surface area contributed by atoms with Crippen LogP contribution in [0.15, 0.2) is 35.1 Å². The van der Waals surface area contributed by atoms with Gasteiger partial charge in [-0.2, -0.15) is 13.2 Å². The van der Waals surface area contributed by atoms with Crippen molar-refractivity contribution in [1.82, 2.24) is 9.13 Å². The Labute approximate surface area is 165 Å². The molecule has 0 aliphatic carbocycles. The first kappa shape index (κ1) is 20.3. The standard InChI is InChI=1S/C20H20ClF3N2O2/c1-4-14-9-16-17(18(12(2)25(16)3)28-11-20(22,23)24)19(27)26(14)10-13-7-5-6-8-15(13)21/h5-9H,4,10-11H2,1-3H3. The van der Waals surface area contributed by atoms with Gasteiger partial charge in [-0.25, -0.2) is 0 Å². The second kappa shape index (κ2) is 7.54. The van der Waals surface area contributed by atoms with Crippen LogP contribution in [0.4, 0.5) is 13.2 Å². The number of rotatable bonds is 5. The zero-order chi connectivity index (χ0) is 20.6. The molecule has 0 bridgehead atoms. The van der Waals surface area contributed by atoms with Crippen molar-refractivity contribution in [3.63, 3.8) is 0 Å². The number of nitrogens with zero attached hydrogens (tertiary/aromatic N) is 2. The summed E-state index contributed by atoms with van der Waals surface area (Å²) in [6, 6.07) is 8.98. The molecule has 4 nitrogen and oxygen atoms in total. The molecule has 2 aromatic heterocycles. The van der Waals surface area contributed by atoms with Gasteiger partial charge in [-0.1, -0.05) is 36.7 Å². The number of halogens is 4. The van der Waals surface area contributed by atoms with Crippen LogP contribution in [0.2, 0.25) is 5.02 Å². The summed E-state index contributed by atoms with van der Waals surface area (Å²) in [6.45, 7) is 2.33. The molecular weight excluding hydrogens is 393 g/mol. The number of pyridine rings is 1. The number of hydrogen-bond donors (Lipinski definition) is 0. The minimum Gasteiger partial charge on any atom is -0.481 e. The summed E-state index contributed by atoms with van der Waals surface area (Å²) in [6.07, 6.45) is -3.91. The highest BCUT2D eigenvalue weighted by Gasteiger charge is 2.30. The molecule has 150 valence electrons. The quantitative estimate of drug-likeness (QED) is 0.600. The first-order valence-electron chi connectivity index (χ1n) is 8.78. The Hall–Kier alpha value is -2.41. The van der Waals surface area contributed by atoms with Gasteiger partial charge in [0.2, 0.25) is 0 Å². The average molecular weight is 413 g/mol. The lowest BCUT2D eigenvalue weighted by molar-refractivity contribution is -0.153. The maximum Gasteiger partial charge on any atom is 0.422 e. The number of fused-ring (bicyclic) bond motifs is 1. The predicted octanol–water partition coefficient (Wildman–Crippen LogP) is 4.85. The van der Waals surface area contributed by atoms with Gasteiger partial charge < -0.3 is 13.9 Å². The summed E-state index contributed by atoms with van der Waals surface area (Å²) in [5.74, 6) is -0.0320. The number of ether oxygens (including phenoxy) is 1. The number of aryl methyl sites for hydroxylation is 2. The van der Waals surface area contributed by atoms with Crippen molar-refractivity contribution in [3.05, 3.63) is 62.7 Å². The van der Waals surface area contributed by atoms with E-state index in [0.717, 1.165) is 11.3 Å². The smallest absolute Gasteiger partial charge is 0.422 e. The molecule has 0 N–H and O–H groups in total. The fourth-order valence-electron chi connectivity index (χ4n) is 3.27. The molecule has 0 fully saturated rings. The molecule has 3 aromatic rings. The molecule has 0 aliphatic rings. The van der Waals surface area contributed by atoms with Crippen LogP contribution in [0.5, 0.6) is 5.75 Å². The zero-order valence-corrected chi connectivity index (χ0v) is 16.5. The average Bonchev–Trinajstić information content (AvgIpc) is 2.87. The van der Waals surface area contributed by atoms with Gasteiger partial charge in [-0.05, 0) is 31.0 Å². The molecule has 0 amide bonds. The lowest BCUT2D eigenvalue weighted by Crippen LogP contribution is -2.25. The van der Waals surface area contributed by atoms with Crippen molar-refractivity contribution in [3.8, 4) is 5.75 Å². The van der Waals surface area contributed by atoms with E-state index in [2.05, 4.69) is 0 Å². The predicted molar refractivity (Wildman–Crippen MR) is 103 cm³/mol. The normalized spacial score (nSPS) is 12.0. The van der Waals surface area contributed by atoms with Crippen LogP contribution in [0.25, 0.3) is 10.9 Å². The van der Waals surface area contributed by atoms with E-state index in [1.54, 1.807) is 35.2 Å². The minimum absolute atomic E-state index is 0.0320. The van der Waals surface area contributed by atoms with Gasteiger partial charge in [0.25, 0.3) is 5.56 Å². The van der Waals surface area contributed by atoms with Gasteiger partial charge in [0.1, 0.15) is 5.39 Å². The van der Waals surface area contributed by atoms with Crippen molar-refractivity contribution in [2.45, 2.75) is 33.0 Å². The van der Waals surface area contributed by atoms with Crippen LogP contribution in [0.1, 0.15) is 23.9 Å². The summed E-state index contributed by atoms with van der Waals surface area (Å²) < 4.78 is 46.3. The second-order valence-corrected chi connectivity index (χ2v) is 7.02. The summed E-state index contributed by atoms with van der Waals surface area (Å²) in [4.78, 5) is 13.3. The van der Waals surface area contributed by atoms with E-state index in [0.29, 0.717) is 22.7 Å². The second-order valence-electron chi connectivity index (χ2n) is 6.61. The van der Waals surface area contributed by atoms with Crippen molar-refractivity contribution in [1.29, 1.82) is 0 Å². The van der Waals surface area contributed by atoms with E-state index >= 15 is 0 Å². The van der Waals surface area contributed by atoms with Crippen molar-refractivity contribution in [2.24, 2.45) is 7.05 Å². The highest BCUT2D eigenvalue weighted by Crippen LogP contribution is 2.32. The number of hydrogen-bond acceptors (Lipinski definition) is 2. The third-order valence-corrected chi connectivity index (χ3v) is 5.18. The Balaban J connectivity index is 2.21. The van der Waals surface area contributed by atoms with Crippen LogP contribution in [0.3, 0.4) is 0 Å². The van der Waals surface area contributed by atoms with Crippen molar-refractivity contribution < 1.29 is 17.9 Å². The number of aromatic nitrogens is 2. The van der Waals surface area contributed by atoms with Crippen LogP contribution >= 0.6 is 11.6 Å². The van der Waals surface area contributed by atoms with E-state index in [-0.39, 0.29) is 17.7 Å². The Kier molecular flexibility index (Phi) is 5.48. The summed E-state index contributed by atoms with van der Waals surface area (Å²) in [5, 5.41) is 0.669. The van der Waals surface area contributed by atoms with Gasteiger partial charge in [0.05, 0.1) is 17.8 Å². The molecule has 0 saturated carbocycles. The third kappa shape index (κ3) is 3.76. The van der Waals surface area contributed by atoms with Gasteiger partial charge in [-0.3, -0.25) is 4.79 Å². The molecule has 0 unspecified atom stereocenters. The first-order valence-corrected chi connectivity index (χ1v) is 9.16. The Morgan fingerprint density at radius 3 is 2.50 bits per heavy atom. The Morgan fingerprint density at radius 2 is 1.89 bits per heavy atom. The van der Waals surface area contributed by atoms with E-state index in [1.165, 1.54) is 0 Å². The maximum absolute atomic E-state index is 13.3. The van der Waals surface area contributed by atoms with Crippen LogP contribution < -0.4 is 10.3 Å². The van der Waals surface area contributed by atoms with Crippen molar-refractivity contribution >= 4 is 22.5 Å². The van der Waals surface area contributed by atoms with Crippen LogP contribution in [0, 0.1) is 6.92 Å². The monoisotopic (exact) mass is 412 g/mol. The minimum atomic E-state index is -4.49. The molecule has 0 aliphatic heterocycles. The van der Waals surface area contributed by atoms with E-state index in [9.17, 15) is 18.0 Å². The Morgan fingerprint density at radius 1 is 1.21 bits per heavy atom. The fraction of sp³-hybridized carbons (Fsp3) is 0.350. The largest absolute Gasteiger partial charge is 0.481 e. The fourth-order valence-corrected chi connectivity index (χ4v) is 3.46. The number of benzene rings is 1. The molecule has 1 aromatic carbocycles. The maximum atomic E-state index is 13.3. The molecule has 2 heterocycles. The highest BCUT2D eigenvalue weighted by molar-refractivity contribution is 6.31. The lowest BCUT2D eigenvalue weighted by Gasteiger charge is -2.14. The van der Waals surface area contributed by atoms with E-state index < -0.39 is 18.3 Å². The summed E-state index contributed by atoms with van der Waals surface area (Å²) in [7, 11) is 1.70. The SMILES string of the molecule is CCc1cc2c(c(OCC(F)(F)F)c(C)n2C)c(=O)n1Cc1ccccc1Cl. The molecule has 8 heteroatoms.